The summed E-state index contributed by atoms with van der Waals surface area (Å²) in [6.07, 6.45) is 0.145. The van der Waals surface area contributed by atoms with Gasteiger partial charge in [-0.15, -0.1) is 0 Å². The van der Waals surface area contributed by atoms with Gasteiger partial charge in [0, 0.05) is 6.42 Å². The molecule has 0 radical (unpaired) electrons. The molecule has 0 amide bonds. The summed E-state index contributed by atoms with van der Waals surface area (Å²) in [5.74, 6) is -1.09. The highest BCUT2D eigenvalue weighted by Gasteiger charge is 2.20. The van der Waals surface area contributed by atoms with Crippen molar-refractivity contribution in [2.45, 2.75) is 26.1 Å². The molecule has 0 aliphatic heterocycles. The lowest BCUT2D eigenvalue weighted by Crippen LogP contribution is -2.24. The number of phenols is 1. The fourth-order valence-corrected chi connectivity index (χ4v) is 1.92. The number of benzene rings is 2. The molecule has 0 heterocycles. The van der Waals surface area contributed by atoms with E-state index in [2.05, 4.69) is 0 Å². The van der Waals surface area contributed by atoms with Crippen molar-refractivity contribution in [2.75, 3.05) is 0 Å². The maximum Gasteiger partial charge on any atom is 0.341 e. The Morgan fingerprint density at radius 3 is 1.96 bits per heavy atom. The fourth-order valence-electron chi connectivity index (χ4n) is 1.92. The molecule has 2 rings (SSSR count). The molecule has 2 aromatic rings. The summed E-state index contributed by atoms with van der Waals surface area (Å²) >= 11 is 0. The standard InChI is InChI=1S/C18H18O5/c1-2-6-16(22-17(20)13-7-4-3-5-8-13)23-18(21)14-9-11-15(19)12-10-14/h3-5,7-12,16,19H,2,6H2,1H3. The van der Waals surface area contributed by atoms with Crippen LogP contribution in [0.25, 0.3) is 0 Å². The van der Waals surface area contributed by atoms with Crippen molar-refractivity contribution < 1.29 is 24.2 Å². The molecule has 1 atom stereocenters. The molecule has 23 heavy (non-hydrogen) atoms. The highest BCUT2D eigenvalue weighted by Crippen LogP contribution is 2.14. The van der Waals surface area contributed by atoms with Gasteiger partial charge >= 0.3 is 11.9 Å². The molecule has 2 aromatic carbocycles. The van der Waals surface area contributed by atoms with E-state index in [4.69, 9.17) is 9.47 Å². The van der Waals surface area contributed by atoms with Crippen LogP contribution in [0, 0.1) is 0 Å². The first-order valence-corrected chi connectivity index (χ1v) is 7.36. The first-order chi connectivity index (χ1) is 11.1. The second-order valence-electron chi connectivity index (χ2n) is 4.94. The van der Waals surface area contributed by atoms with Gasteiger partial charge in [0.15, 0.2) is 0 Å². The lowest BCUT2D eigenvalue weighted by atomic mass is 10.2. The van der Waals surface area contributed by atoms with Gasteiger partial charge in [0.2, 0.25) is 6.29 Å². The largest absolute Gasteiger partial charge is 0.508 e. The predicted molar refractivity (Wildman–Crippen MR) is 84.1 cm³/mol. The molecule has 120 valence electrons. The minimum Gasteiger partial charge on any atom is -0.508 e. The fraction of sp³-hybridized carbons (Fsp3) is 0.222. The van der Waals surface area contributed by atoms with E-state index in [1.807, 2.05) is 6.92 Å². The third-order valence-corrected chi connectivity index (χ3v) is 3.11. The maximum atomic E-state index is 12.1. The van der Waals surface area contributed by atoms with E-state index in [1.54, 1.807) is 30.3 Å². The summed E-state index contributed by atoms with van der Waals surface area (Å²) in [6, 6.07) is 14.2. The van der Waals surface area contributed by atoms with Crippen LogP contribution in [0.4, 0.5) is 0 Å². The normalized spacial score (nSPS) is 11.5. The zero-order valence-corrected chi connectivity index (χ0v) is 12.8. The molecule has 0 aromatic heterocycles. The maximum absolute atomic E-state index is 12.1. The SMILES string of the molecule is CCCC(OC(=O)c1ccccc1)OC(=O)c1ccc(O)cc1. The van der Waals surface area contributed by atoms with Gasteiger partial charge in [-0.25, -0.2) is 9.59 Å². The topological polar surface area (TPSA) is 72.8 Å². The second kappa shape index (κ2) is 7.98. The van der Waals surface area contributed by atoms with Gasteiger partial charge in [0.1, 0.15) is 5.75 Å². The van der Waals surface area contributed by atoms with Crippen molar-refractivity contribution in [1.82, 2.24) is 0 Å². The van der Waals surface area contributed by atoms with Crippen molar-refractivity contribution in [3.05, 3.63) is 65.7 Å². The average molecular weight is 314 g/mol. The van der Waals surface area contributed by atoms with Gasteiger partial charge < -0.3 is 14.6 Å². The number of carbonyl (C=O) groups excluding carboxylic acids is 2. The summed E-state index contributed by atoms with van der Waals surface area (Å²) in [6.45, 7) is 1.90. The van der Waals surface area contributed by atoms with E-state index in [9.17, 15) is 14.7 Å². The van der Waals surface area contributed by atoms with Crippen LogP contribution in [0.15, 0.2) is 54.6 Å². The number of carbonyl (C=O) groups is 2. The molecule has 0 saturated carbocycles. The highest BCUT2D eigenvalue weighted by atomic mass is 16.7. The van der Waals surface area contributed by atoms with Crippen LogP contribution in [0.1, 0.15) is 40.5 Å². The molecule has 5 nitrogen and oxygen atoms in total. The smallest absolute Gasteiger partial charge is 0.341 e. The number of ether oxygens (including phenoxy) is 2. The van der Waals surface area contributed by atoms with Gasteiger partial charge in [0.25, 0.3) is 0 Å². The first kappa shape index (κ1) is 16.5. The van der Waals surface area contributed by atoms with Crippen molar-refractivity contribution >= 4 is 11.9 Å². The van der Waals surface area contributed by atoms with E-state index in [0.29, 0.717) is 18.4 Å². The van der Waals surface area contributed by atoms with Gasteiger partial charge in [-0.1, -0.05) is 25.1 Å². The lowest BCUT2D eigenvalue weighted by Gasteiger charge is -2.17. The molecule has 0 saturated heterocycles. The third kappa shape index (κ3) is 4.85. The zero-order chi connectivity index (χ0) is 16.7. The molecule has 0 aliphatic rings. The van der Waals surface area contributed by atoms with Crippen LogP contribution in [0.3, 0.4) is 0 Å². The van der Waals surface area contributed by atoms with E-state index in [-0.39, 0.29) is 11.3 Å². The van der Waals surface area contributed by atoms with E-state index in [1.165, 1.54) is 24.3 Å². The van der Waals surface area contributed by atoms with Gasteiger partial charge in [-0.05, 0) is 42.8 Å². The lowest BCUT2D eigenvalue weighted by molar-refractivity contribution is -0.0830. The number of phenolic OH excluding ortho intramolecular Hbond substituents is 1. The number of aromatic hydroxyl groups is 1. The summed E-state index contributed by atoms with van der Waals surface area (Å²) in [5, 5.41) is 9.23. The second-order valence-corrected chi connectivity index (χ2v) is 4.94. The van der Waals surface area contributed by atoms with Crippen LogP contribution >= 0.6 is 0 Å². The predicted octanol–water partition coefficient (Wildman–Crippen LogP) is 3.53. The first-order valence-electron chi connectivity index (χ1n) is 7.36. The molecule has 5 heteroatoms. The van der Waals surface area contributed by atoms with Crippen molar-refractivity contribution in [2.24, 2.45) is 0 Å². The van der Waals surface area contributed by atoms with Gasteiger partial charge in [-0.2, -0.15) is 0 Å². The minimum absolute atomic E-state index is 0.0576. The Kier molecular flexibility index (Phi) is 5.74. The Balaban J connectivity index is 2.02. The van der Waals surface area contributed by atoms with Crippen LogP contribution < -0.4 is 0 Å². The van der Waals surface area contributed by atoms with Crippen LogP contribution in [-0.4, -0.2) is 23.3 Å². The molecular weight excluding hydrogens is 296 g/mol. The number of hydrogen-bond acceptors (Lipinski definition) is 5. The summed E-state index contributed by atoms with van der Waals surface area (Å²) < 4.78 is 10.5. The van der Waals surface area contributed by atoms with E-state index in [0.717, 1.165) is 0 Å². The third-order valence-electron chi connectivity index (χ3n) is 3.11. The average Bonchev–Trinajstić information content (AvgIpc) is 2.56. The molecule has 1 N–H and O–H groups in total. The summed E-state index contributed by atoms with van der Waals surface area (Å²) in [5.41, 5.74) is 0.675. The van der Waals surface area contributed by atoms with Crippen molar-refractivity contribution in [3.63, 3.8) is 0 Å². The number of hydrogen-bond donors (Lipinski definition) is 1. The van der Waals surface area contributed by atoms with Crippen LogP contribution in [0.5, 0.6) is 5.75 Å². The van der Waals surface area contributed by atoms with E-state index >= 15 is 0 Å². The van der Waals surface area contributed by atoms with Crippen molar-refractivity contribution in [1.29, 1.82) is 0 Å². The summed E-state index contributed by atoms with van der Waals surface area (Å²) in [7, 11) is 0. The highest BCUT2D eigenvalue weighted by molar-refractivity contribution is 5.91. The molecule has 0 aliphatic carbocycles. The molecular formula is C18H18O5. The summed E-state index contributed by atoms with van der Waals surface area (Å²) in [4.78, 5) is 24.1. The Labute approximate surface area is 134 Å². The zero-order valence-electron chi connectivity index (χ0n) is 12.8. The van der Waals surface area contributed by atoms with Crippen LogP contribution in [0.2, 0.25) is 0 Å². The monoisotopic (exact) mass is 314 g/mol. The van der Waals surface area contributed by atoms with Crippen molar-refractivity contribution in [3.8, 4) is 5.75 Å². The Bertz CT molecular complexity index is 649. The van der Waals surface area contributed by atoms with Gasteiger partial charge in [-0.3, -0.25) is 0 Å². The van der Waals surface area contributed by atoms with E-state index < -0.39 is 18.2 Å². The molecule has 0 fully saturated rings. The minimum atomic E-state index is -0.950. The Morgan fingerprint density at radius 2 is 1.43 bits per heavy atom. The number of rotatable bonds is 6. The molecule has 0 spiro atoms. The Hall–Kier alpha value is -2.82. The molecule has 1 unspecified atom stereocenters. The molecule has 0 bridgehead atoms. The Morgan fingerprint density at radius 1 is 0.913 bits per heavy atom. The quantitative estimate of drug-likeness (QED) is 0.652. The van der Waals surface area contributed by atoms with Crippen LogP contribution in [-0.2, 0) is 9.47 Å². The number of esters is 2. The van der Waals surface area contributed by atoms with Gasteiger partial charge in [0.05, 0.1) is 11.1 Å².